The maximum absolute atomic E-state index is 13.0. The van der Waals surface area contributed by atoms with Gasteiger partial charge in [-0.1, -0.05) is 54.6 Å². The van der Waals surface area contributed by atoms with Gasteiger partial charge < -0.3 is 4.74 Å². The van der Waals surface area contributed by atoms with Crippen LogP contribution in [0.25, 0.3) is 11.1 Å². The van der Waals surface area contributed by atoms with Crippen molar-refractivity contribution in [1.29, 1.82) is 0 Å². The van der Waals surface area contributed by atoms with Gasteiger partial charge in [-0.2, -0.15) is 4.72 Å². The fourth-order valence-electron chi connectivity index (χ4n) is 3.25. The molecule has 3 aromatic rings. The van der Waals surface area contributed by atoms with Crippen molar-refractivity contribution in [2.45, 2.75) is 10.9 Å². The van der Waals surface area contributed by atoms with Crippen molar-refractivity contribution in [3.63, 3.8) is 0 Å². The predicted molar refractivity (Wildman–Crippen MR) is 97.0 cm³/mol. The minimum absolute atomic E-state index is 0.292. The fraction of sp³-hybridized carbons (Fsp3) is 0.100. The van der Waals surface area contributed by atoms with Gasteiger partial charge in [0, 0.05) is 5.56 Å². The largest absolute Gasteiger partial charge is 0.497 e. The van der Waals surface area contributed by atoms with Gasteiger partial charge in [-0.05, 0) is 34.9 Å². The van der Waals surface area contributed by atoms with Gasteiger partial charge in [0.25, 0.3) is 0 Å². The molecule has 4 nitrogen and oxygen atoms in total. The first-order valence-corrected chi connectivity index (χ1v) is 9.43. The molecule has 0 saturated heterocycles. The van der Waals surface area contributed by atoms with Crippen LogP contribution in [0.4, 0.5) is 0 Å². The van der Waals surface area contributed by atoms with Gasteiger partial charge in [-0.15, -0.1) is 0 Å². The second kappa shape index (κ2) is 6.02. The second-order valence-corrected chi connectivity index (χ2v) is 7.60. The number of benzene rings is 3. The number of hydrogen-bond acceptors (Lipinski definition) is 3. The molecule has 0 spiro atoms. The fourth-order valence-corrected chi connectivity index (χ4v) is 4.68. The highest BCUT2D eigenvalue weighted by molar-refractivity contribution is 7.89. The first-order valence-electron chi connectivity index (χ1n) is 7.95. The molecule has 1 N–H and O–H groups in total. The van der Waals surface area contributed by atoms with Crippen LogP contribution >= 0.6 is 0 Å². The van der Waals surface area contributed by atoms with Gasteiger partial charge in [0.2, 0.25) is 10.0 Å². The van der Waals surface area contributed by atoms with E-state index in [4.69, 9.17) is 4.74 Å². The Bertz CT molecular complexity index is 1030. The van der Waals surface area contributed by atoms with E-state index >= 15 is 0 Å². The molecular weight excluding hydrogens is 334 g/mol. The molecule has 0 aromatic heterocycles. The number of sulfonamides is 1. The number of ether oxygens (including phenoxy) is 1. The summed E-state index contributed by atoms with van der Waals surface area (Å²) >= 11 is 0. The van der Waals surface area contributed by atoms with Crippen LogP contribution in [0.2, 0.25) is 0 Å². The van der Waals surface area contributed by atoms with Crippen LogP contribution in [0.15, 0.2) is 77.7 Å². The molecule has 126 valence electrons. The van der Waals surface area contributed by atoms with Crippen LogP contribution in [0.1, 0.15) is 17.2 Å². The molecule has 0 fully saturated rings. The quantitative estimate of drug-likeness (QED) is 0.765. The summed E-state index contributed by atoms with van der Waals surface area (Å²) in [5.41, 5.74) is 3.34. The van der Waals surface area contributed by atoms with Crippen molar-refractivity contribution >= 4 is 10.0 Å². The minimum Gasteiger partial charge on any atom is -0.497 e. The van der Waals surface area contributed by atoms with Crippen LogP contribution in [0, 0.1) is 0 Å². The lowest BCUT2D eigenvalue weighted by atomic mass is 9.91. The van der Waals surface area contributed by atoms with Crippen LogP contribution in [-0.2, 0) is 10.0 Å². The minimum atomic E-state index is -3.65. The first-order chi connectivity index (χ1) is 12.1. The van der Waals surface area contributed by atoms with Crippen molar-refractivity contribution in [3.05, 3.63) is 83.9 Å². The molecule has 3 aromatic carbocycles. The van der Waals surface area contributed by atoms with Crippen molar-refractivity contribution < 1.29 is 13.2 Å². The Labute approximate surface area is 147 Å². The zero-order valence-corrected chi connectivity index (χ0v) is 14.5. The Morgan fingerprint density at radius 3 is 2.36 bits per heavy atom. The summed E-state index contributed by atoms with van der Waals surface area (Å²) in [6.07, 6.45) is 0. The van der Waals surface area contributed by atoms with E-state index in [9.17, 15) is 8.42 Å². The van der Waals surface area contributed by atoms with E-state index in [1.165, 1.54) is 0 Å². The summed E-state index contributed by atoms with van der Waals surface area (Å²) in [5, 5.41) is 0. The molecular formula is C20H17NO3S. The molecule has 0 bridgehead atoms. The van der Waals surface area contributed by atoms with E-state index in [-0.39, 0.29) is 0 Å². The number of fused-ring (bicyclic) bond motifs is 3. The van der Waals surface area contributed by atoms with Crippen LogP contribution < -0.4 is 9.46 Å². The average Bonchev–Trinajstić information content (AvgIpc) is 2.75. The van der Waals surface area contributed by atoms with Gasteiger partial charge in [0.1, 0.15) is 5.75 Å². The molecule has 0 amide bonds. The summed E-state index contributed by atoms with van der Waals surface area (Å²) in [4.78, 5) is 0.292. The first kappa shape index (κ1) is 15.9. The lowest BCUT2D eigenvalue weighted by Crippen LogP contribution is -2.28. The van der Waals surface area contributed by atoms with Crippen LogP contribution in [-0.4, -0.2) is 15.5 Å². The molecule has 1 heterocycles. The topological polar surface area (TPSA) is 55.4 Å². The molecule has 1 unspecified atom stereocenters. The SMILES string of the molecule is COc1ccc2c(c1)C(c1ccccc1)NS(=O)(=O)c1ccccc1-2. The predicted octanol–water partition coefficient (Wildman–Crippen LogP) is 3.74. The van der Waals surface area contributed by atoms with E-state index in [1.54, 1.807) is 19.2 Å². The van der Waals surface area contributed by atoms with Gasteiger partial charge in [0.05, 0.1) is 18.0 Å². The van der Waals surface area contributed by atoms with Crippen molar-refractivity contribution in [2.24, 2.45) is 0 Å². The zero-order chi connectivity index (χ0) is 17.4. The Morgan fingerprint density at radius 1 is 0.880 bits per heavy atom. The van der Waals surface area contributed by atoms with Crippen LogP contribution in [0.5, 0.6) is 5.75 Å². The highest BCUT2D eigenvalue weighted by Crippen LogP contribution is 2.40. The summed E-state index contributed by atoms with van der Waals surface area (Å²) < 4.78 is 34.1. The van der Waals surface area contributed by atoms with E-state index < -0.39 is 16.1 Å². The summed E-state index contributed by atoms with van der Waals surface area (Å²) in [5.74, 6) is 0.693. The Morgan fingerprint density at radius 2 is 1.60 bits per heavy atom. The lowest BCUT2D eigenvalue weighted by molar-refractivity contribution is 0.414. The molecule has 1 aliphatic heterocycles. The van der Waals surface area contributed by atoms with E-state index in [0.717, 1.165) is 16.7 Å². The Kier molecular flexibility index (Phi) is 3.82. The molecule has 0 saturated carbocycles. The summed E-state index contributed by atoms with van der Waals surface area (Å²) in [6, 6.07) is 21.8. The van der Waals surface area contributed by atoms with Gasteiger partial charge in [-0.3, -0.25) is 0 Å². The lowest BCUT2D eigenvalue weighted by Gasteiger charge is -2.19. The number of methoxy groups -OCH3 is 1. The van der Waals surface area contributed by atoms with Gasteiger partial charge in [-0.25, -0.2) is 8.42 Å². The number of rotatable bonds is 2. The third kappa shape index (κ3) is 2.71. The third-order valence-corrected chi connectivity index (χ3v) is 5.92. The summed E-state index contributed by atoms with van der Waals surface area (Å²) in [7, 11) is -2.05. The number of nitrogens with one attached hydrogen (secondary N) is 1. The standard InChI is InChI=1S/C20H17NO3S/c1-24-15-11-12-16-17-9-5-6-10-19(17)25(22,23)21-20(18(16)13-15)14-7-3-2-4-8-14/h2-13,20-21H,1H3. The maximum atomic E-state index is 13.0. The molecule has 0 radical (unpaired) electrons. The van der Waals surface area contributed by atoms with Crippen LogP contribution in [0.3, 0.4) is 0 Å². The van der Waals surface area contributed by atoms with E-state index in [0.29, 0.717) is 16.2 Å². The monoisotopic (exact) mass is 351 g/mol. The Balaban J connectivity index is 2.04. The van der Waals surface area contributed by atoms with Gasteiger partial charge in [0.15, 0.2) is 0 Å². The highest BCUT2D eigenvalue weighted by Gasteiger charge is 2.31. The average molecular weight is 351 g/mol. The van der Waals surface area contributed by atoms with E-state index in [1.807, 2.05) is 60.7 Å². The number of hydrogen-bond donors (Lipinski definition) is 1. The smallest absolute Gasteiger partial charge is 0.242 e. The maximum Gasteiger partial charge on any atom is 0.242 e. The molecule has 5 heteroatoms. The van der Waals surface area contributed by atoms with Crippen molar-refractivity contribution in [3.8, 4) is 16.9 Å². The molecule has 4 rings (SSSR count). The molecule has 25 heavy (non-hydrogen) atoms. The normalized spacial score (nSPS) is 17.9. The second-order valence-electron chi connectivity index (χ2n) is 5.91. The molecule has 1 atom stereocenters. The zero-order valence-electron chi connectivity index (χ0n) is 13.6. The molecule has 1 aliphatic rings. The summed E-state index contributed by atoms with van der Waals surface area (Å²) in [6.45, 7) is 0. The van der Waals surface area contributed by atoms with Crippen molar-refractivity contribution in [2.75, 3.05) is 7.11 Å². The van der Waals surface area contributed by atoms with E-state index in [2.05, 4.69) is 4.72 Å². The third-order valence-electron chi connectivity index (χ3n) is 4.44. The molecule has 0 aliphatic carbocycles. The highest BCUT2D eigenvalue weighted by atomic mass is 32.2. The van der Waals surface area contributed by atoms with Crippen molar-refractivity contribution in [1.82, 2.24) is 4.72 Å². The van der Waals surface area contributed by atoms with Gasteiger partial charge >= 0.3 is 0 Å². The Hall–Kier alpha value is -2.63.